The van der Waals surface area contributed by atoms with Gasteiger partial charge in [-0.2, -0.15) is 5.10 Å². The van der Waals surface area contributed by atoms with E-state index in [1.54, 1.807) is 0 Å². The van der Waals surface area contributed by atoms with Gasteiger partial charge in [0.15, 0.2) is 0 Å². The molecule has 0 atom stereocenters. The molecule has 0 saturated heterocycles. The lowest BCUT2D eigenvalue weighted by molar-refractivity contribution is 0.185. The lowest BCUT2D eigenvalue weighted by atomic mass is 10.0. The molecule has 0 saturated carbocycles. The summed E-state index contributed by atoms with van der Waals surface area (Å²) in [7, 11) is 0. The monoisotopic (exact) mass is 309 g/mol. The van der Waals surface area contributed by atoms with Crippen LogP contribution in [-0.2, 0) is 19.6 Å². The van der Waals surface area contributed by atoms with E-state index in [2.05, 4.69) is 28.2 Å². The Hall–Kier alpha value is -1.36. The average Bonchev–Trinajstić information content (AvgIpc) is 2.48. The molecule has 0 aliphatic carbocycles. The summed E-state index contributed by atoms with van der Waals surface area (Å²) in [4.78, 5) is 14.1. The van der Waals surface area contributed by atoms with Crippen molar-refractivity contribution in [2.75, 3.05) is 6.54 Å². The zero-order valence-corrected chi connectivity index (χ0v) is 12.2. The second-order valence-corrected chi connectivity index (χ2v) is 5.61. The minimum Gasteiger partial charge on any atom is -0.280 e. The molecular weight excluding hydrogens is 297 g/mol. The molecule has 1 aliphatic heterocycles. The quantitative estimate of drug-likeness (QED) is 0.855. The first-order valence-corrected chi connectivity index (χ1v) is 7.11. The summed E-state index contributed by atoms with van der Waals surface area (Å²) in [5, 5.41) is 4.25. The van der Waals surface area contributed by atoms with Gasteiger partial charge in [-0.1, -0.05) is 47.5 Å². The summed E-state index contributed by atoms with van der Waals surface area (Å²) in [6.45, 7) is 2.12. The van der Waals surface area contributed by atoms with Crippen LogP contribution in [0, 0.1) is 0 Å². The Kier molecular flexibility index (Phi) is 3.78. The fraction of sp³-hybridized carbons (Fsp3) is 0.286. The van der Waals surface area contributed by atoms with Crippen molar-refractivity contribution in [1.29, 1.82) is 0 Å². The van der Waals surface area contributed by atoms with Gasteiger partial charge < -0.3 is 0 Å². The first-order chi connectivity index (χ1) is 9.65. The normalized spacial score (nSPS) is 15.1. The Bertz CT molecular complexity index is 699. The number of hydrogen-bond donors (Lipinski definition) is 0. The molecule has 0 spiro atoms. The van der Waals surface area contributed by atoms with Gasteiger partial charge in [-0.25, -0.2) is 4.68 Å². The highest BCUT2D eigenvalue weighted by atomic mass is 35.5. The molecule has 6 heteroatoms. The molecule has 1 aromatic heterocycles. The number of aromatic nitrogens is 2. The molecule has 0 amide bonds. The van der Waals surface area contributed by atoms with E-state index in [1.165, 1.54) is 22.0 Å². The number of hydrogen-bond acceptors (Lipinski definition) is 3. The topological polar surface area (TPSA) is 38.1 Å². The Labute approximate surface area is 126 Å². The molecule has 0 unspecified atom stereocenters. The Morgan fingerprint density at radius 1 is 1.20 bits per heavy atom. The fourth-order valence-corrected chi connectivity index (χ4v) is 2.68. The molecular formula is C14H13Cl2N3O. The van der Waals surface area contributed by atoms with Crippen LogP contribution in [0.1, 0.15) is 11.1 Å². The van der Waals surface area contributed by atoms with Crippen molar-refractivity contribution in [1.82, 2.24) is 14.7 Å². The fourth-order valence-electron chi connectivity index (χ4n) is 2.41. The summed E-state index contributed by atoms with van der Waals surface area (Å²) in [5.41, 5.74) is 2.32. The minimum atomic E-state index is -0.349. The maximum Gasteiger partial charge on any atom is 0.288 e. The van der Waals surface area contributed by atoms with Gasteiger partial charge in [0.05, 0.1) is 17.9 Å². The highest BCUT2D eigenvalue weighted by Gasteiger charge is 2.17. The molecule has 4 nitrogen and oxygen atoms in total. The van der Waals surface area contributed by atoms with E-state index in [0.29, 0.717) is 6.67 Å². The SMILES string of the molecule is O=c1c(Cl)c(Cl)cnn1CN1CCc2ccccc2C1. The van der Waals surface area contributed by atoms with E-state index < -0.39 is 0 Å². The summed E-state index contributed by atoms with van der Waals surface area (Å²) < 4.78 is 1.35. The Balaban J connectivity index is 1.81. The third kappa shape index (κ3) is 2.59. The molecule has 0 radical (unpaired) electrons. The van der Waals surface area contributed by atoms with E-state index in [1.807, 2.05) is 6.07 Å². The zero-order chi connectivity index (χ0) is 14.1. The molecule has 0 N–H and O–H groups in total. The van der Waals surface area contributed by atoms with Crippen molar-refractivity contribution in [2.45, 2.75) is 19.6 Å². The van der Waals surface area contributed by atoms with Crippen LogP contribution in [0.15, 0.2) is 35.3 Å². The number of rotatable bonds is 2. The van der Waals surface area contributed by atoms with Gasteiger partial charge in [0.1, 0.15) is 5.02 Å². The minimum absolute atomic E-state index is 0.0269. The van der Waals surface area contributed by atoms with Crippen LogP contribution in [0.3, 0.4) is 0 Å². The molecule has 2 heterocycles. The smallest absolute Gasteiger partial charge is 0.280 e. The van der Waals surface area contributed by atoms with Gasteiger partial charge in [-0.3, -0.25) is 9.69 Å². The second kappa shape index (κ2) is 5.56. The van der Waals surface area contributed by atoms with Crippen molar-refractivity contribution in [3.05, 3.63) is 62.0 Å². The van der Waals surface area contributed by atoms with Crippen LogP contribution >= 0.6 is 23.2 Å². The van der Waals surface area contributed by atoms with E-state index in [9.17, 15) is 4.79 Å². The predicted molar refractivity (Wildman–Crippen MR) is 79.1 cm³/mol. The van der Waals surface area contributed by atoms with Crippen molar-refractivity contribution in [3.8, 4) is 0 Å². The van der Waals surface area contributed by atoms with Gasteiger partial charge in [0, 0.05) is 13.1 Å². The molecule has 0 fully saturated rings. The highest BCUT2D eigenvalue weighted by molar-refractivity contribution is 6.41. The molecule has 1 aliphatic rings. The van der Waals surface area contributed by atoms with Gasteiger partial charge in [-0.15, -0.1) is 0 Å². The largest absolute Gasteiger partial charge is 0.288 e. The lowest BCUT2D eigenvalue weighted by Gasteiger charge is -2.28. The Morgan fingerprint density at radius 2 is 1.95 bits per heavy atom. The third-order valence-electron chi connectivity index (χ3n) is 3.49. The van der Waals surface area contributed by atoms with E-state index >= 15 is 0 Å². The van der Waals surface area contributed by atoms with Gasteiger partial charge in [0.2, 0.25) is 0 Å². The van der Waals surface area contributed by atoms with E-state index in [0.717, 1.165) is 19.5 Å². The highest BCUT2D eigenvalue weighted by Crippen LogP contribution is 2.19. The van der Waals surface area contributed by atoms with Crippen LogP contribution in [0.25, 0.3) is 0 Å². The zero-order valence-electron chi connectivity index (χ0n) is 10.7. The summed E-state index contributed by atoms with van der Waals surface area (Å²) in [6, 6.07) is 8.36. The first kappa shape index (κ1) is 13.6. The molecule has 0 bridgehead atoms. The van der Waals surface area contributed by atoms with Crippen LogP contribution in [0.5, 0.6) is 0 Å². The van der Waals surface area contributed by atoms with Crippen molar-refractivity contribution < 1.29 is 0 Å². The van der Waals surface area contributed by atoms with Gasteiger partial charge >= 0.3 is 0 Å². The maximum atomic E-state index is 12.0. The molecule has 20 heavy (non-hydrogen) atoms. The van der Waals surface area contributed by atoms with Gasteiger partial charge in [-0.05, 0) is 17.5 Å². The number of nitrogens with zero attached hydrogens (tertiary/aromatic N) is 3. The summed E-state index contributed by atoms with van der Waals surface area (Å²) in [5.74, 6) is 0. The van der Waals surface area contributed by atoms with Crippen molar-refractivity contribution in [2.24, 2.45) is 0 Å². The molecule has 1 aromatic carbocycles. The van der Waals surface area contributed by atoms with Crippen LogP contribution in [0.4, 0.5) is 0 Å². The van der Waals surface area contributed by atoms with Crippen LogP contribution in [-0.4, -0.2) is 21.2 Å². The maximum absolute atomic E-state index is 12.0. The number of benzene rings is 1. The van der Waals surface area contributed by atoms with Gasteiger partial charge in [0.25, 0.3) is 5.56 Å². The number of fused-ring (bicyclic) bond motifs is 1. The van der Waals surface area contributed by atoms with E-state index in [4.69, 9.17) is 23.2 Å². The molecule has 3 rings (SSSR count). The standard InChI is InChI=1S/C14H13Cl2N3O/c15-12-7-17-19(14(20)13(12)16)9-18-6-5-10-3-1-2-4-11(10)8-18/h1-4,7H,5-6,8-9H2. The summed E-state index contributed by atoms with van der Waals surface area (Å²) in [6.07, 6.45) is 2.38. The average molecular weight is 310 g/mol. The van der Waals surface area contributed by atoms with Crippen molar-refractivity contribution >= 4 is 23.2 Å². The van der Waals surface area contributed by atoms with E-state index in [-0.39, 0.29) is 15.6 Å². The predicted octanol–water partition coefficient (Wildman–Crippen LogP) is 2.57. The van der Waals surface area contributed by atoms with Crippen molar-refractivity contribution in [3.63, 3.8) is 0 Å². The molecule has 2 aromatic rings. The molecule has 104 valence electrons. The lowest BCUT2D eigenvalue weighted by Crippen LogP contribution is -2.37. The first-order valence-electron chi connectivity index (χ1n) is 6.35. The van der Waals surface area contributed by atoms with Crippen LogP contribution in [0.2, 0.25) is 10.0 Å². The second-order valence-electron chi connectivity index (χ2n) is 4.82. The number of halogens is 2. The summed E-state index contributed by atoms with van der Waals surface area (Å²) >= 11 is 11.6. The third-order valence-corrected chi connectivity index (χ3v) is 4.23. The Morgan fingerprint density at radius 3 is 2.75 bits per heavy atom. The van der Waals surface area contributed by atoms with Crippen LogP contribution < -0.4 is 5.56 Å².